The summed E-state index contributed by atoms with van der Waals surface area (Å²) in [7, 11) is 5.97. The van der Waals surface area contributed by atoms with Crippen molar-refractivity contribution in [2.75, 3.05) is 31.8 Å². The number of benzene rings is 3. The molecule has 3 heterocycles. The van der Waals surface area contributed by atoms with Crippen LogP contribution >= 0.6 is 11.6 Å². The smallest absolute Gasteiger partial charge is 0.411 e. The van der Waals surface area contributed by atoms with Crippen LogP contribution in [0.25, 0.3) is 11.1 Å². The Morgan fingerprint density at radius 1 is 0.978 bits per heavy atom. The number of aryl methyl sites for hydroxylation is 1. The van der Waals surface area contributed by atoms with E-state index in [2.05, 4.69) is 30.8 Å². The summed E-state index contributed by atoms with van der Waals surface area (Å²) < 4.78 is 18.0. The second kappa shape index (κ2) is 12.8. The van der Waals surface area contributed by atoms with Crippen molar-refractivity contribution in [3.63, 3.8) is 0 Å². The minimum absolute atomic E-state index is 0.129. The number of epoxide rings is 1. The van der Waals surface area contributed by atoms with Gasteiger partial charge in [0.25, 0.3) is 0 Å². The molecule has 3 aromatic rings. The van der Waals surface area contributed by atoms with Gasteiger partial charge in [-0.25, -0.2) is 4.79 Å². The van der Waals surface area contributed by atoms with E-state index in [-0.39, 0.29) is 17.0 Å². The third kappa shape index (κ3) is 6.57. The average molecular weight is 633 g/mol. The number of aldehydes is 1. The number of methoxy groups -OCH3 is 1. The van der Waals surface area contributed by atoms with E-state index < -0.39 is 6.09 Å². The number of likely N-dealkylation sites (N-methyl/N-ethyl adjacent to an activating group) is 1. The number of ether oxygens (including phenoxy) is 3. The molecule has 9 nitrogen and oxygen atoms in total. The van der Waals surface area contributed by atoms with E-state index in [4.69, 9.17) is 25.8 Å². The highest BCUT2D eigenvalue weighted by Crippen LogP contribution is 2.51. The van der Waals surface area contributed by atoms with E-state index in [1.165, 1.54) is 13.2 Å². The van der Waals surface area contributed by atoms with E-state index in [1.807, 2.05) is 42.5 Å². The van der Waals surface area contributed by atoms with Crippen molar-refractivity contribution >= 4 is 41.3 Å². The normalized spacial score (nSPS) is 23.9. The number of quaternary nitrogens is 1. The van der Waals surface area contributed by atoms with Gasteiger partial charge in [0.2, 0.25) is 5.91 Å². The first-order chi connectivity index (χ1) is 21.7. The molecular formula is C35H39ClN3O6+. The zero-order valence-corrected chi connectivity index (χ0v) is 26.5. The monoisotopic (exact) mass is 632 g/mol. The molecule has 0 radical (unpaired) electrons. The second-order valence-electron chi connectivity index (χ2n) is 12.6. The van der Waals surface area contributed by atoms with Crippen molar-refractivity contribution in [2.24, 2.45) is 0 Å². The number of anilines is 2. The molecule has 45 heavy (non-hydrogen) atoms. The van der Waals surface area contributed by atoms with Crippen LogP contribution in [-0.4, -0.2) is 74.4 Å². The summed E-state index contributed by atoms with van der Waals surface area (Å²) in [5.74, 6) is 0.168. The van der Waals surface area contributed by atoms with E-state index in [0.29, 0.717) is 66.1 Å². The highest BCUT2D eigenvalue weighted by Gasteiger charge is 2.70. The van der Waals surface area contributed by atoms with Crippen molar-refractivity contribution in [2.45, 2.75) is 68.9 Å². The van der Waals surface area contributed by atoms with Gasteiger partial charge in [-0.3, -0.25) is 14.9 Å². The molecule has 3 saturated heterocycles. The Bertz CT molecular complexity index is 1580. The number of amides is 2. The molecule has 0 aromatic heterocycles. The molecule has 2 amide bonds. The van der Waals surface area contributed by atoms with Gasteiger partial charge in [0.05, 0.1) is 43.2 Å². The lowest BCUT2D eigenvalue weighted by Gasteiger charge is -2.45. The lowest BCUT2D eigenvalue weighted by Crippen LogP contribution is -2.60. The zero-order chi connectivity index (χ0) is 31.7. The Kier molecular flexibility index (Phi) is 8.86. The van der Waals surface area contributed by atoms with Crippen LogP contribution in [-0.2, 0) is 20.7 Å². The molecule has 3 fully saturated rings. The molecule has 6 rings (SSSR count). The van der Waals surface area contributed by atoms with Crippen molar-refractivity contribution < 1.29 is 33.1 Å². The van der Waals surface area contributed by atoms with E-state index >= 15 is 0 Å². The molecule has 3 aromatic carbocycles. The molecule has 10 heteroatoms. The predicted molar refractivity (Wildman–Crippen MR) is 173 cm³/mol. The van der Waals surface area contributed by atoms with Gasteiger partial charge in [0.1, 0.15) is 36.1 Å². The number of rotatable bonds is 11. The van der Waals surface area contributed by atoms with Crippen molar-refractivity contribution in [3.8, 4) is 16.9 Å². The molecule has 2 N–H and O–H groups in total. The van der Waals surface area contributed by atoms with Crippen LogP contribution < -0.4 is 15.4 Å². The molecule has 5 atom stereocenters. The molecule has 0 saturated carbocycles. The molecular weight excluding hydrogens is 594 g/mol. The van der Waals surface area contributed by atoms with Gasteiger partial charge in [-0.15, -0.1) is 0 Å². The first-order valence-electron chi connectivity index (χ1n) is 15.4. The zero-order valence-electron chi connectivity index (χ0n) is 25.8. The summed E-state index contributed by atoms with van der Waals surface area (Å²) in [5, 5.41) is 6.12. The van der Waals surface area contributed by atoms with Gasteiger partial charge < -0.3 is 24.0 Å². The number of morpholine rings is 1. The summed E-state index contributed by atoms with van der Waals surface area (Å²) in [6.45, 7) is 0. The lowest BCUT2D eigenvalue weighted by molar-refractivity contribution is -0.938. The number of halogens is 1. The molecule has 0 spiro atoms. The Morgan fingerprint density at radius 3 is 2.40 bits per heavy atom. The first kappa shape index (κ1) is 31.1. The van der Waals surface area contributed by atoms with Crippen molar-refractivity contribution in [1.82, 2.24) is 0 Å². The summed E-state index contributed by atoms with van der Waals surface area (Å²) in [4.78, 5) is 37.0. The van der Waals surface area contributed by atoms with Gasteiger partial charge in [-0.2, -0.15) is 0 Å². The van der Waals surface area contributed by atoms with Crippen LogP contribution in [0.15, 0.2) is 60.7 Å². The summed E-state index contributed by atoms with van der Waals surface area (Å²) >= 11 is 6.25. The first-order valence-corrected chi connectivity index (χ1v) is 15.8. The third-order valence-corrected chi connectivity index (χ3v) is 9.87. The molecule has 236 valence electrons. The predicted octanol–water partition coefficient (Wildman–Crippen LogP) is 6.49. The van der Waals surface area contributed by atoms with Crippen LogP contribution in [0.5, 0.6) is 5.75 Å². The second-order valence-corrected chi connectivity index (χ2v) is 13.1. The van der Waals surface area contributed by atoms with Crippen molar-refractivity contribution in [1.29, 1.82) is 0 Å². The Labute approximate surface area is 268 Å². The summed E-state index contributed by atoms with van der Waals surface area (Å²) in [5.41, 5.74) is 4.38. The number of nitrogens with one attached hydrogen (secondary N) is 2. The molecule has 3 aliphatic rings. The maximum atomic E-state index is 13.2. The summed E-state index contributed by atoms with van der Waals surface area (Å²) in [6.07, 6.45) is 4.76. The van der Waals surface area contributed by atoms with Crippen LogP contribution in [0.1, 0.15) is 48.0 Å². The highest BCUT2D eigenvalue weighted by atomic mass is 35.5. The van der Waals surface area contributed by atoms with Crippen LogP contribution in [0, 0.1) is 0 Å². The van der Waals surface area contributed by atoms with Crippen LogP contribution in [0.3, 0.4) is 0 Å². The van der Waals surface area contributed by atoms with Gasteiger partial charge in [-0.05, 0) is 42.5 Å². The van der Waals surface area contributed by atoms with Crippen molar-refractivity contribution in [3.05, 3.63) is 76.8 Å². The minimum Gasteiger partial charge on any atom is -0.496 e. The maximum absolute atomic E-state index is 13.2. The van der Waals surface area contributed by atoms with E-state index in [9.17, 15) is 14.4 Å². The number of unbranched alkanes of at least 4 members (excludes halogenated alkanes) is 1. The number of carbonyl (C=O) groups excluding carboxylic acids is 3. The molecule has 1 unspecified atom stereocenters. The minimum atomic E-state index is -0.441. The fourth-order valence-electron chi connectivity index (χ4n) is 7.07. The number of nitrogens with zero attached hydrogens (tertiary/aromatic N) is 1. The Hall–Kier alpha value is -3.92. The number of hydrogen-bond acceptors (Lipinski definition) is 6. The van der Waals surface area contributed by atoms with Gasteiger partial charge in [0, 0.05) is 30.9 Å². The fourth-order valence-corrected chi connectivity index (χ4v) is 7.29. The van der Waals surface area contributed by atoms with Gasteiger partial charge in [-0.1, -0.05) is 54.1 Å². The number of carbonyl (C=O) groups is 3. The number of hydrogen-bond donors (Lipinski definition) is 2. The van der Waals surface area contributed by atoms with Crippen LogP contribution in [0.2, 0.25) is 5.02 Å². The Balaban J connectivity index is 1.06. The highest BCUT2D eigenvalue weighted by molar-refractivity contribution is 6.34. The fraction of sp³-hybridized carbons (Fsp3) is 0.400. The lowest BCUT2D eigenvalue weighted by atomic mass is 9.96. The summed E-state index contributed by atoms with van der Waals surface area (Å²) in [6, 6.07) is 19.8. The largest absolute Gasteiger partial charge is 0.496 e. The van der Waals surface area contributed by atoms with Crippen LogP contribution in [0.4, 0.5) is 16.2 Å². The topological polar surface area (TPSA) is 106 Å². The standard InChI is InChI=1S/C35H38ClN3O6/c1-39(2)29-17-24(18-30(39)34-33(29)45-34)44-35(42)38-27-15-21(13-14-25(27)22-10-5-4-6-11-22)9-7-8-12-32(41)37-28-19-31(43-3)23(20-40)16-26(28)36/h4-6,10-11,13-16,19-20,24,29-30,33-34H,7-9,12,17-18H2,1-3H3,(H-,37,38,40,41,42)/p+1/t24?,29-,30+,33-,34+. The van der Waals surface area contributed by atoms with E-state index in [1.54, 1.807) is 6.07 Å². The SMILES string of the molecule is COc1cc(NC(=O)CCCCc2ccc(-c3ccccc3)c(NC(=O)OC3C[C@@H]4[C@H]5O[C@H]5[C@H](C3)[N+]4(C)C)c2)c(Cl)cc1C=O. The Morgan fingerprint density at radius 2 is 1.71 bits per heavy atom. The van der Waals surface area contributed by atoms with E-state index in [0.717, 1.165) is 46.9 Å². The molecule has 3 aliphatic heterocycles. The average Bonchev–Trinajstić information content (AvgIpc) is 3.79. The number of fused-ring (bicyclic) bond motifs is 5. The third-order valence-electron chi connectivity index (χ3n) is 9.56. The quantitative estimate of drug-likeness (QED) is 0.108. The molecule has 2 bridgehead atoms. The maximum Gasteiger partial charge on any atom is 0.411 e. The van der Waals surface area contributed by atoms with Gasteiger partial charge >= 0.3 is 6.09 Å². The van der Waals surface area contributed by atoms with Gasteiger partial charge in [0.15, 0.2) is 6.29 Å². The number of piperidine rings is 1. The molecule has 0 aliphatic carbocycles.